The summed E-state index contributed by atoms with van der Waals surface area (Å²) in [4.78, 5) is 38.2. The number of carbonyl (C=O) groups excluding carboxylic acids is 3. The Labute approximate surface area is 298 Å². The molecule has 5 aliphatic carbocycles. The molecule has 0 aromatic heterocycles. The highest BCUT2D eigenvalue weighted by Gasteiger charge is 2.71. The van der Waals surface area contributed by atoms with E-state index in [1.54, 1.807) is 39.0 Å². The molecule has 5 aliphatic rings. The van der Waals surface area contributed by atoms with Gasteiger partial charge in [0, 0.05) is 23.6 Å². The Morgan fingerprint density at radius 3 is 2.00 bits per heavy atom. The zero-order chi connectivity index (χ0) is 36.9. The third kappa shape index (κ3) is 6.13. The summed E-state index contributed by atoms with van der Waals surface area (Å²) in [7, 11) is 0. The lowest BCUT2D eigenvalue weighted by atomic mass is 9.37. The van der Waals surface area contributed by atoms with Crippen LogP contribution in [0.3, 0.4) is 0 Å². The Kier molecular flexibility index (Phi) is 10.8. The van der Waals surface area contributed by atoms with E-state index >= 15 is 0 Å². The summed E-state index contributed by atoms with van der Waals surface area (Å²) in [6.07, 6.45) is 12.3. The van der Waals surface area contributed by atoms with Crippen LogP contribution in [-0.2, 0) is 28.6 Å². The first-order valence-electron chi connectivity index (χ1n) is 18.6. The van der Waals surface area contributed by atoms with Gasteiger partial charge in [-0.05, 0) is 106 Å². The number of ether oxygens (including phenoxy) is 3. The van der Waals surface area contributed by atoms with E-state index < -0.39 is 64.0 Å². The number of hydrogen-bond donors (Lipinski definition) is 3. The molecule has 0 spiro atoms. The Hall–Kier alpha value is -2.75. The van der Waals surface area contributed by atoms with E-state index in [-0.39, 0.29) is 42.3 Å². The number of aliphatic hydroxyl groups excluding tert-OH is 3. The average Bonchev–Trinajstić information content (AvgIpc) is 3.04. The minimum Gasteiger partial charge on any atom is -0.462 e. The summed E-state index contributed by atoms with van der Waals surface area (Å²) in [5, 5.41) is 35.8. The quantitative estimate of drug-likeness (QED) is 0.120. The highest BCUT2D eigenvalue weighted by molar-refractivity contribution is 5.83. The molecule has 0 aromatic carbocycles. The normalized spacial score (nSPS) is 43.7. The van der Waals surface area contributed by atoms with Gasteiger partial charge in [0.1, 0.15) is 12.7 Å². The number of hydrogen-bond acceptors (Lipinski definition) is 9. The van der Waals surface area contributed by atoms with Crippen molar-refractivity contribution >= 4 is 17.9 Å². The smallest absolute Gasteiger partial charge is 0.330 e. The summed E-state index contributed by atoms with van der Waals surface area (Å²) in [6.45, 7) is 15.8. The van der Waals surface area contributed by atoms with Crippen LogP contribution >= 0.6 is 0 Å². The summed E-state index contributed by atoms with van der Waals surface area (Å²) < 4.78 is 17.6. The highest BCUT2D eigenvalue weighted by Crippen LogP contribution is 2.72. The molecule has 278 valence electrons. The van der Waals surface area contributed by atoms with Crippen molar-refractivity contribution in [2.75, 3.05) is 13.2 Å². The van der Waals surface area contributed by atoms with E-state index in [0.717, 1.165) is 25.7 Å². The lowest BCUT2D eigenvalue weighted by molar-refractivity contribution is -0.254. The molecule has 5 rings (SSSR count). The van der Waals surface area contributed by atoms with Gasteiger partial charge in [-0.1, -0.05) is 64.5 Å². The predicted molar refractivity (Wildman–Crippen MR) is 189 cm³/mol. The Balaban J connectivity index is 1.57. The monoisotopic (exact) mass is 696 g/mol. The van der Waals surface area contributed by atoms with Crippen molar-refractivity contribution in [2.24, 2.45) is 50.7 Å². The van der Waals surface area contributed by atoms with E-state index in [1.807, 2.05) is 13.8 Å². The Morgan fingerprint density at radius 1 is 0.780 bits per heavy atom. The van der Waals surface area contributed by atoms with Gasteiger partial charge in [-0.2, -0.15) is 0 Å². The third-order valence-corrected chi connectivity index (χ3v) is 14.2. The fourth-order valence-electron chi connectivity index (χ4n) is 11.6. The zero-order valence-electron chi connectivity index (χ0n) is 31.3. The molecule has 0 aliphatic heterocycles. The van der Waals surface area contributed by atoms with Crippen LogP contribution in [0.15, 0.2) is 48.1 Å². The van der Waals surface area contributed by atoms with Crippen molar-refractivity contribution in [3.8, 4) is 0 Å². The van der Waals surface area contributed by atoms with Crippen molar-refractivity contribution in [3.63, 3.8) is 0 Å². The van der Waals surface area contributed by atoms with Crippen molar-refractivity contribution < 1.29 is 43.9 Å². The number of esters is 3. The minimum absolute atomic E-state index is 0.134. The molecule has 0 heterocycles. The maximum atomic E-state index is 13.0. The van der Waals surface area contributed by atoms with E-state index in [2.05, 4.69) is 26.8 Å². The average molecular weight is 697 g/mol. The maximum absolute atomic E-state index is 13.0. The molecular weight excluding hydrogens is 636 g/mol. The van der Waals surface area contributed by atoms with Gasteiger partial charge in [0.05, 0.1) is 30.3 Å². The molecule has 4 fully saturated rings. The van der Waals surface area contributed by atoms with Crippen LogP contribution in [-0.4, -0.2) is 70.9 Å². The van der Waals surface area contributed by atoms with Crippen LogP contribution < -0.4 is 0 Å². The van der Waals surface area contributed by atoms with Crippen LogP contribution in [0, 0.1) is 50.7 Å². The molecule has 0 saturated heterocycles. The van der Waals surface area contributed by atoms with Crippen LogP contribution in [0.1, 0.15) is 100 Å². The fraction of sp³-hybridized carbons (Fsp3) is 0.732. The van der Waals surface area contributed by atoms with Gasteiger partial charge in [0.2, 0.25) is 0 Å². The summed E-state index contributed by atoms with van der Waals surface area (Å²) in [5.41, 5.74) is -1.87. The largest absolute Gasteiger partial charge is 0.462 e. The van der Waals surface area contributed by atoms with Gasteiger partial charge in [-0.15, -0.1) is 0 Å². The van der Waals surface area contributed by atoms with Crippen LogP contribution in [0.5, 0.6) is 0 Å². The van der Waals surface area contributed by atoms with Gasteiger partial charge >= 0.3 is 17.9 Å². The number of carbonyl (C=O) groups is 3. The summed E-state index contributed by atoms with van der Waals surface area (Å²) in [5.74, 6) is -1.26. The molecule has 0 aromatic rings. The number of aliphatic hydroxyl groups is 3. The maximum Gasteiger partial charge on any atom is 0.330 e. The van der Waals surface area contributed by atoms with Crippen LogP contribution in [0.4, 0.5) is 0 Å². The summed E-state index contributed by atoms with van der Waals surface area (Å²) >= 11 is 0. The fourth-order valence-corrected chi connectivity index (χ4v) is 11.6. The molecule has 0 amide bonds. The first-order chi connectivity index (χ1) is 23.5. The number of rotatable bonds is 8. The second-order valence-electron chi connectivity index (χ2n) is 17.3. The van der Waals surface area contributed by atoms with Gasteiger partial charge in [0.25, 0.3) is 0 Å². The van der Waals surface area contributed by atoms with Crippen molar-refractivity contribution in [1.82, 2.24) is 0 Å². The van der Waals surface area contributed by atoms with Crippen LogP contribution in [0.25, 0.3) is 0 Å². The molecular formula is C41H60O9. The number of fused-ring (bicyclic) bond motifs is 7. The first kappa shape index (κ1) is 38.5. The van der Waals surface area contributed by atoms with Gasteiger partial charge in [0.15, 0.2) is 0 Å². The van der Waals surface area contributed by atoms with Crippen LogP contribution in [0.2, 0.25) is 0 Å². The standard InChI is InChI=1S/C41H60O9/c1-9-12-32(44)48-23-40(8)29-18-17-26-25(38(29,6)20-19-30(40)42)15-16-27-28-21-37(4,5)35(47)36(50-34(46)14-11-3)41(28,24-49-33(45)13-10-2)31(43)22-39(26,27)7/h9-14,16,25-26,28-31,35-36,42-43,47H,15,17-24H2,1-8H3/b12-9+,13-10+,14-11+/t25?,26?,28?,29?,30-,31+,35-,36-,38+,39-,40+,41-/m0/s1. The SMILES string of the molecule is C/C=C/C(=O)OC[C@@]12C(CC(C)(C)[C@@H](O)[C@@H]1OC(=O)/C=C/C)C1=CCC3C(CCC4[C@]3(C)CC[C@H](O)[C@]4(C)COC(=O)/C=C/C)[C@]1(C)C[C@H]2O. The second kappa shape index (κ2) is 14.0. The highest BCUT2D eigenvalue weighted by atomic mass is 16.6. The lowest BCUT2D eigenvalue weighted by Crippen LogP contribution is -2.71. The number of allylic oxidation sites excluding steroid dienone is 5. The zero-order valence-corrected chi connectivity index (χ0v) is 31.3. The molecule has 12 atom stereocenters. The minimum atomic E-state index is -1.26. The van der Waals surface area contributed by atoms with E-state index in [0.29, 0.717) is 19.3 Å². The second-order valence-corrected chi connectivity index (χ2v) is 17.3. The molecule has 4 saturated carbocycles. The Bertz CT molecular complexity index is 1440. The molecule has 9 heteroatoms. The van der Waals surface area contributed by atoms with E-state index in [1.165, 1.54) is 23.8 Å². The topological polar surface area (TPSA) is 140 Å². The third-order valence-electron chi connectivity index (χ3n) is 14.2. The van der Waals surface area contributed by atoms with Crippen molar-refractivity contribution in [2.45, 2.75) is 125 Å². The van der Waals surface area contributed by atoms with Gasteiger partial charge < -0.3 is 29.5 Å². The van der Waals surface area contributed by atoms with Crippen molar-refractivity contribution in [3.05, 3.63) is 48.1 Å². The summed E-state index contributed by atoms with van der Waals surface area (Å²) in [6, 6.07) is 0. The molecule has 0 radical (unpaired) electrons. The van der Waals surface area contributed by atoms with Gasteiger partial charge in [-0.25, -0.2) is 14.4 Å². The van der Waals surface area contributed by atoms with Crippen molar-refractivity contribution in [1.29, 1.82) is 0 Å². The molecule has 3 N–H and O–H groups in total. The first-order valence-corrected chi connectivity index (χ1v) is 18.6. The van der Waals surface area contributed by atoms with E-state index in [9.17, 15) is 29.7 Å². The molecule has 4 unspecified atom stereocenters. The molecule has 50 heavy (non-hydrogen) atoms. The molecule has 9 nitrogen and oxygen atoms in total. The molecule has 0 bridgehead atoms. The van der Waals surface area contributed by atoms with E-state index in [4.69, 9.17) is 14.2 Å². The Morgan fingerprint density at radius 2 is 1.38 bits per heavy atom. The lowest BCUT2D eigenvalue weighted by Gasteiger charge is -2.69. The predicted octanol–water partition coefficient (Wildman–Crippen LogP) is 6.02. The van der Waals surface area contributed by atoms with Gasteiger partial charge in [-0.3, -0.25) is 0 Å².